The highest BCUT2D eigenvalue weighted by molar-refractivity contribution is 5.79. The quantitative estimate of drug-likeness (QED) is 0.157. The summed E-state index contributed by atoms with van der Waals surface area (Å²) in [5, 5.41) is 8.72. The van der Waals surface area contributed by atoms with Crippen molar-refractivity contribution in [2.24, 2.45) is 0 Å². The SMILES string of the molecule is O=C(CCCC(=O)NCCC1=CCCCC1)NCCOc1ccc(-c2ccc(CC(=O)NCc3ccccc3)nc2)cc1. The van der Waals surface area contributed by atoms with E-state index < -0.39 is 0 Å². The number of carbonyl (C=O) groups is 3. The average molecular weight is 583 g/mol. The van der Waals surface area contributed by atoms with Gasteiger partial charge in [0.2, 0.25) is 17.7 Å². The number of allylic oxidation sites excluding steroid dienone is 1. The van der Waals surface area contributed by atoms with Gasteiger partial charge in [-0.05, 0) is 67.9 Å². The minimum atomic E-state index is -0.0799. The van der Waals surface area contributed by atoms with Crippen LogP contribution in [0.2, 0.25) is 0 Å². The van der Waals surface area contributed by atoms with Crippen LogP contribution in [0.5, 0.6) is 5.75 Å². The normalized spacial score (nSPS) is 12.6. The molecule has 0 unspecified atom stereocenters. The van der Waals surface area contributed by atoms with Crippen LogP contribution >= 0.6 is 0 Å². The second-order valence-electron chi connectivity index (χ2n) is 10.8. The Balaban J connectivity index is 1.06. The molecular formula is C35H42N4O4. The Hall–Kier alpha value is -4.46. The first kappa shape index (κ1) is 31.5. The fraction of sp³-hybridized carbons (Fsp3) is 0.371. The van der Waals surface area contributed by atoms with E-state index in [4.69, 9.17) is 4.74 Å². The van der Waals surface area contributed by atoms with Gasteiger partial charge in [0.25, 0.3) is 0 Å². The highest BCUT2D eigenvalue weighted by Crippen LogP contribution is 2.22. The van der Waals surface area contributed by atoms with Crippen LogP contribution in [-0.4, -0.2) is 42.4 Å². The average Bonchev–Trinajstić information content (AvgIpc) is 3.04. The predicted octanol–water partition coefficient (Wildman–Crippen LogP) is 5.28. The topological polar surface area (TPSA) is 109 Å². The molecule has 3 N–H and O–H groups in total. The molecule has 0 radical (unpaired) electrons. The minimum absolute atomic E-state index is 0.00430. The van der Waals surface area contributed by atoms with Gasteiger partial charge in [0.05, 0.1) is 13.0 Å². The van der Waals surface area contributed by atoms with E-state index in [1.165, 1.54) is 18.4 Å². The Morgan fingerprint density at radius 3 is 2.21 bits per heavy atom. The summed E-state index contributed by atoms with van der Waals surface area (Å²) in [6.45, 7) is 1.92. The lowest BCUT2D eigenvalue weighted by Crippen LogP contribution is -2.29. The fourth-order valence-corrected chi connectivity index (χ4v) is 4.91. The van der Waals surface area contributed by atoms with Crippen molar-refractivity contribution in [1.29, 1.82) is 0 Å². The summed E-state index contributed by atoms with van der Waals surface area (Å²) in [7, 11) is 0. The van der Waals surface area contributed by atoms with E-state index in [0.29, 0.717) is 56.9 Å². The number of benzene rings is 2. The molecule has 3 amide bonds. The van der Waals surface area contributed by atoms with E-state index in [0.717, 1.165) is 36.0 Å². The van der Waals surface area contributed by atoms with E-state index in [2.05, 4.69) is 27.0 Å². The number of pyridine rings is 1. The highest BCUT2D eigenvalue weighted by Gasteiger charge is 2.08. The summed E-state index contributed by atoms with van der Waals surface area (Å²) in [6, 6.07) is 21.3. The second-order valence-corrected chi connectivity index (χ2v) is 10.8. The number of carbonyl (C=O) groups excluding carboxylic acids is 3. The Morgan fingerprint density at radius 2 is 1.51 bits per heavy atom. The molecule has 226 valence electrons. The van der Waals surface area contributed by atoms with Crippen molar-refractivity contribution < 1.29 is 19.1 Å². The molecule has 0 spiro atoms. The zero-order chi connectivity index (χ0) is 30.1. The largest absolute Gasteiger partial charge is 0.492 e. The molecule has 43 heavy (non-hydrogen) atoms. The fourth-order valence-electron chi connectivity index (χ4n) is 4.91. The molecule has 8 heteroatoms. The lowest BCUT2D eigenvalue weighted by atomic mass is 9.97. The van der Waals surface area contributed by atoms with Crippen molar-refractivity contribution in [1.82, 2.24) is 20.9 Å². The van der Waals surface area contributed by atoms with Gasteiger partial charge in [-0.2, -0.15) is 0 Å². The summed E-state index contributed by atoms with van der Waals surface area (Å²) < 4.78 is 5.76. The van der Waals surface area contributed by atoms with Gasteiger partial charge in [-0.25, -0.2) is 0 Å². The van der Waals surface area contributed by atoms with Crippen molar-refractivity contribution in [2.45, 2.75) is 64.3 Å². The van der Waals surface area contributed by atoms with E-state index in [9.17, 15) is 14.4 Å². The summed E-state index contributed by atoms with van der Waals surface area (Å²) in [5.74, 6) is 0.564. The second kappa shape index (κ2) is 17.5. The molecule has 1 aliphatic rings. The van der Waals surface area contributed by atoms with E-state index in [-0.39, 0.29) is 24.1 Å². The van der Waals surface area contributed by atoms with Crippen LogP contribution < -0.4 is 20.7 Å². The molecule has 2 aromatic carbocycles. The molecule has 1 aromatic heterocycles. The number of nitrogens with zero attached hydrogens (tertiary/aromatic N) is 1. The summed E-state index contributed by atoms with van der Waals surface area (Å²) in [4.78, 5) is 40.8. The molecule has 0 fully saturated rings. The van der Waals surface area contributed by atoms with Gasteiger partial charge < -0.3 is 20.7 Å². The molecule has 0 aliphatic heterocycles. The van der Waals surface area contributed by atoms with Gasteiger partial charge in [0.1, 0.15) is 12.4 Å². The zero-order valence-electron chi connectivity index (χ0n) is 24.8. The predicted molar refractivity (Wildman–Crippen MR) is 168 cm³/mol. The number of aromatic nitrogens is 1. The summed E-state index contributed by atoms with van der Waals surface area (Å²) >= 11 is 0. The Morgan fingerprint density at radius 1 is 0.767 bits per heavy atom. The van der Waals surface area contributed by atoms with Gasteiger partial charge >= 0.3 is 0 Å². The van der Waals surface area contributed by atoms with Crippen molar-refractivity contribution in [3.05, 3.63) is 95.8 Å². The van der Waals surface area contributed by atoms with E-state index >= 15 is 0 Å². The molecule has 4 rings (SSSR count). The first-order chi connectivity index (χ1) is 21.0. The number of hydrogen-bond donors (Lipinski definition) is 3. The Labute approximate surface area is 254 Å². The van der Waals surface area contributed by atoms with Crippen molar-refractivity contribution in [3.63, 3.8) is 0 Å². The molecule has 0 bridgehead atoms. The monoisotopic (exact) mass is 582 g/mol. The van der Waals surface area contributed by atoms with Crippen LogP contribution in [0.15, 0.2) is 84.6 Å². The van der Waals surface area contributed by atoms with Gasteiger partial charge in [-0.1, -0.05) is 60.2 Å². The van der Waals surface area contributed by atoms with Gasteiger partial charge in [-0.15, -0.1) is 0 Å². The minimum Gasteiger partial charge on any atom is -0.492 e. The van der Waals surface area contributed by atoms with Crippen LogP contribution in [0.25, 0.3) is 11.1 Å². The number of nitrogens with one attached hydrogen (secondary N) is 3. The third-order valence-electron chi connectivity index (χ3n) is 7.34. The van der Waals surface area contributed by atoms with Crippen molar-refractivity contribution >= 4 is 17.7 Å². The number of amides is 3. The highest BCUT2D eigenvalue weighted by atomic mass is 16.5. The van der Waals surface area contributed by atoms with Crippen LogP contribution in [-0.2, 0) is 27.3 Å². The van der Waals surface area contributed by atoms with Crippen LogP contribution in [0.3, 0.4) is 0 Å². The maximum Gasteiger partial charge on any atom is 0.226 e. The van der Waals surface area contributed by atoms with Crippen LogP contribution in [0.4, 0.5) is 0 Å². The Bertz CT molecular complexity index is 1340. The first-order valence-corrected chi connectivity index (χ1v) is 15.3. The molecule has 0 saturated carbocycles. The number of ether oxygens (including phenoxy) is 1. The van der Waals surface area contributed by atoms with Crippen LogP contribution in [0, 0.1) is 0 Å². The molecule has 8 nitrogen and oxygen atoms in total. The molecule has 3 aromatic rings. The molecular weight excluding hydrogens is 540 g/mol. The summed E-state index contributed by atoms with van der Waals surface area (Å²) in [6.07, 6.45) is 11.3. The van der Waals surface area contributed by atoms with E-state index in [1.807, 2.05) is 66.7 Å². The smallest absolute Gasteiger partial charge is 0.226 e. The standard InChI is InChI=1S/C35H42N4O4/c40-33(36-21-20-27-8-3-1-4-9-27)12-7-13-34(41)37-22-23-43-32-18-15-29(16-19-32)30-14-17-31(38-26-30)24-35(42)39-25-28-10-5-2-6-11-28/h2,5-6,8,10-11,14-19,26H,1,3-4,7,9,12-13,20-25H2,(H,36,40)(H,37,41)(H,39,42). The number of rotatable bonds is 16. The molecule has 1 heterocycles. The lowest BCUT2D eigenvalue weighted by molar-refractivity contribution is -0.123. The van der Waals surface area contributed by atoms with Gasteiger partial charge in [-0.3, -0.25) is 19.4 Å². The van der Waals surface area contributed by atoms with Gasteiger partial charge in [0.15, 0.2) is 0 Å². The van der Waals surface area contributed by atoms with E-state index in [1.54, 1.807) is 6.20 Å². The van der Waals surface area contributed by atoms with Gasteiger partial charge in [0, 0.05) is 43.4 Å². The molecule has 0 saturated heterocycles. The zero-order valence-corrected chi connectivity index (χ0v) is 24.8. The Kier molecular flexibility index (Phi) is 12.8. The molecule has 0 atom stereocenters. The first-order valence-electron chi connectivity index (χ1n) is 15.3. The van der Waals surface area contributed by atoms with Crippen molar-refractivity contribution in [3.8, 4) is 16.9 Å². The maximum atomic E-state index is 12.3. The lowest BCUT2D eigenvalue weighted by Gasteiger charge is -2.13. The third-order valence-corrected chi connectivity index (χ3v) is 7.34. The maximum absolute atomic E-state index is 12.3. The number of hydrogen-bond acceptors (Lipinski definition) is 5. The third kappa shape index (κ3) is 11.7. The summed E-state index contributed by atoms with van der Waals surface area (Å²) in [5.41, 5.74) is 5.15. The van der Waals surface area contributed by atoms with Crippen molar-refractivity contribution in [2.75, 3.05) is 19.7 Å². The van der Waals surface area contributed by atoms with Crippen LogP contribution in [0.1, 0.15) is 62.6 Å². The molecule has 1 aliphatic carbocycles.